The molecule has 0 saturated carbocycles. The number of nitrogens with zero attached hydrogens (tertiary/aromatic N) is 4. The maximum atomic E-state index is 12.8. The van der Waals surface area contributed by atoms with Crippen LogP contribution in [0.5, 0.6) is 0 Å². The van der Waals surface area contributed by atoms with E-state index < -0.39 is 0 Å². The first-order valence-corrected chi connectivity index (χ1v) is 11.8. The van der Waals surface area contributed by atoms with Crippen molar-refractivity contribution >= 4 is 23.4 Å². The van der Waals surface area contributed by atoms with Gasteiger partial charge in [0.1, 0.15) is 0 Å². The number of anilines is 1. The van der Waals surface area contributed by atoms with Gasteiger partial charge in [0.15, 0.2) is 11.0 Å². The Morgan fingerprint density at radius 2 is 1.67 bits per heavy atom. The molecule has 1 amide bonds. The molecule has 0 bridgehead atoms. The van der Waals surface area contributed by atoms with Gasteiger partial charge in [-0.25, -0.2) is 0 Å². The van der Waals surface area contributed by atoms with Crippen molar-refractivity contribution in [2.24, 2.45) is 0 Å². The molecule has 0 unspecified atom stereocenters. The van der Waals surface area contributed by atoms with E-state index in [1.165, 1.54) is 17.3 Å². The van der Waals surface area contributed by atoms with Crippen LogP contribution in [0.25, 0.3) is 17.1 Å². The normalized spacial score (nSPS) is 11.4. The van der Waals surface area contributed by atoms with Gasteiger partial charge in [-0.05, 0) is 48.2 Å². The molecule has 2 aromatic carbocycles. The number of carbonyl (C=O) groups is 1. The second-order valence-electron chi connectivity index (χ2n) is 8.85. The number of benzene rings is 2. The number of aromatic nitrogens is 4. The summed E-state index contributed by atoms with van der Waals surface area (Å²) in [4.78, 5) is 16.9. The molecule has 0 aliphatic heterocycles. The smallest absolute Gasteiger partial charge is 0.234 e. The highest BCUT2D eigenvalue weighted by molar-refractivity contribution is 7.99. The average molecular weight is 458 g/mol. The number of pyridine rings is 1. The Morgan fingerprint density at radius 1 is 0.970 bits per heavy atom. The molecule has 0 spiro atoms. The lowest BCUT2D eigenvalue weighted by molar-refractivity contribution is -0.113. The van der Waals surface area contributed by atoms with E-state index in [4.69, 9.17) is 0 Å². The summed E-state index contributed by atoms with van der Waals surface area (Å²) < 4.78 is 1.98. The van der Waals surface area contributed by atoms with Crippen molar-refractivity contribution in [3.8, 4) is 17.1 Å². The minimum Gasteiger partial charge on any atom is -0.325 e. The Balaban J connectivity index is 1.58. The van der Waals surface area contributed by atoms with Crippen LogP contribution < -0.4 is 5.32 Å². The molecule has 4 aromatic rings. The highest BCUT2D eigenvalue weighted by atomic mass is 32.2. The molecule has 1 N–H and O–H groups in total. The summed E-state index contributed by atoms with van der Waals surface area (Å²) in [5, 5.41) is 12.6. The number of hydrogen-bond donors (Lipinski definition) is 1. The third-order valence-corrected chi connectivity index (χ3v) is 6.13. The Kier molecular flexibility index (Phi) is 6.60. The fourth-order valence-corrected chi connectivity index (χ4v) is 4.29. The summed E-state index contributed by atoms with van der Waals surface area (Å²) in [7, 11) is 0. The number of aryl methyl sites for hydroxylation is 1. The first-order chi connectivity index (χ1) is 15.8. The summed E-state index contributed by atoms with van der Waals surface area (Å²) in [6.45, 7) is 8.46. The van der Waals surface area contributed by atoms with Gasteiger partial charge in [-0.15, -0.1) is 10.2 Å². The van der Waals surface area contributed by atoms with E-state index in [1.807, 2.05) is 47.0 Å². The van der Waals surface area contributed by atoms with Gasteiger partial charge in [0, 0.05) is 29.3 Å². The van der Waals surface area contributed by atoms with Crippen molar-refractivity contribution in [3.63, 3.8) is 0 Å². The van der Waals surface area contributed by atoms with E-state index in [0.717, 1.165) is 22.5 Å². The largest absolute Gasteiger partial charge is 0.325 e. The lowest BCUT2D eigenvalue weighted by Crippen LogP contribution is -2.20. The minimum atomic E-state index is -0.0828. The van der Waals surface area contributed by atoms with Gasteiger partial charge in [-0.3, -0.25) is 14.3 Å². The molecule has 33 heavy (non-hydrogen) atoms. The zero-order chi connectivity index (χ0) is 23.4. The van der Waals surface area contributed by atoms with E-state index in [1.54, 1.807) is 12.4 Å². The first kappa shape index (κ1) is 22.7. The van der Waals surface area contributed by atoms with Crippen molar-refractivity contribution in [1.29, 1.82) is 0 Å². The van der Waals surface area contributed by atoms with Crippen LogP contribution in [-0.4, -0.2) is 31.4 Å². The summed E-state index contributed by atoms with van der Waals surface area (Å²) in [6.07, 6.45) is 3.47. The van der Waals surface area contributed by atoms with Gasteiger partial charge in [0.25, 0.3) is 0 Å². The van der Waals surface area contributed by atoms with Crippen LogP contribution in [0.1, 0.15) is 31.9 Å². The van der Waals surface area contributed by atoms with Gasteiger partial charge in [0.2, 0.25) is 5.91 Å². The molecule has 0 atom stereocenters. The van der Waals surface area contributed by atoms with Gasteiger partial charge in [-0.1, -0.05) is 68.4 Å². The molecule has 0 radical (unpaired) electrons. The highest BCUT2D eigenvalue weighted by Gasteiger charge is 2.20. The Morgan fingerprint density at radius 3 is 2.36 bits per heavy atom. The van der Waals surface area contributed by atoms with Crippen LogP contribution in [0.2, 0.25) is 0 Å². The maximum Gasteiger partial charge on any atom is 0.234 e. The zero-order valence-electron chi connectivity index (χ0n) is 19.2. The van der Waals surface area contributed by atoms with Crippen LogP contribution >= 0.6 is 11.8 Å². The van der Waals surface area contributed by atoms with Crippen molar-refractivity contribution in [1.82, 2.24) is 19.7 Å². The van der Waals surface area contributed by atoms with Crippen molar-refractivity contribution in [3.05, 3.63) is 84.2 Å². The molecule has 2 aromatic heterocycles. The van der Waals surface area contributed by atoms with Crippen LogP contribution in [0.4, 0.5) is 5.69 Å². The van der Waals surface area contributed by atoms with Crippen LogP contribution in [-0.2, 0) is 10.2 Å². The predicted octanol–water partition coefficient (Wildman–Crippen LogP) is 5.67. The van der Waals surface area contributed by atoms with Crippen molar-refractivity contribution < 1.29 is 4.79 Å². The van der Waals surface area contributed by atoms with E-state index in [9.17, 15) is 4.79 Å². The van der Waals surface area contributed by atoms with E-state index in [0.29, 0.717) is 11.0 Å². The van der Waals surface area contributed by atoms with E-state index in [2.05, 4.69) is 66.4 Å². The first-order valence-electron chi connectivity index (χ1n) is 10.8. The van der Waals surface area contributed by atoms with Gasteiger partial charge >= 0.3 is 0 Å². The van der Waals surface area contributed by atoms with Gasteiger partial charge < -0.3 is 5.32 Å². The Labute approximate surface area is 198 Å². The van der Waals surface area contributed by atoms with E-state index in [-0.39, 0.29) is 17.1 Å². The molecule has 0 aliphatic carbocycles. The lowest BCUT2D eigenvalue weighted by Gasteiger charge is -2.23. The Hall–Kier alpha value is -3.45. The third kappa shape index (κ3) is 5.31. The van der Waals surface area contributed by atoms with Crippen LogP contribution in [0.15, 0.2) is 78.2 Å². The molecular formula is C26H27N5OS. The SMILES string of the molecule is Cc1ccc(-n2c(SCC(=O)Nc3ccccc3C(C)(C)C)nnc2-c2ccncc2)cc1. The lowest BCUT2D eigenvalue weighted by atomic mass is 9.86. The van der Waals surface area contributed by atoms with Crippen LogP contribution in [0, 0.1) is 6.92 Å². The topological polar surface area (TPSA) is 72.7 Å². The standard InChI is InChI=1S/C26H27N5OS/c1-18-9-11-20(12-10-18)31-24(19-13-15-27-16-14-19)29-30-25(31)33-17-23(32)28-22-8-6-5-7-21(22)26(2,3)4/h5-16H,17H2,1-4H3,(H,28,32). The summed E-state index contributed by atoms with van der Waals surface area (Å²) in [6, 6.07) is 19.9. The average Bonchev–Trinajstić information content (AvgIpc) is 3.22. The number of para-hydroxylation sites is 1. The third-order valence-electron chi connectivity index (χ3n) is 5.21. The van der Waals surface area contributed by atoms with Crippen molar-refractivity contribution in [2.75, 3.05) is 11.1 Å². The molecule has 4 rings (SSSR count). The number of carbonyl (C=O) groups excluding carboxylic acids is 1. The fraction of sp³-hybridized carbons (Fsp3) is 0.231. The quantitative estimate of drug-likeness (QED) is 0.378. The second-order valence-corrected chi connectivity index (χ2v) is 9.79. The van der Waals surface area contributed by atoms with Crippen LogP contribution in [0.3, 0.4) is 0 Å². The molecular weight excluding hydrogens is 430 g/mol. The fourth-order valence-electron chi connectivity index (χ4n) is 3.54. The summed E-state index contributed by atoms with van der Waals surface area (Å²) >= 11 is 1.36. The zero-order valence-corrected chi connectivity index (χ0v) is 20.1. The van der Waals surface area contributed by atoms with E-state index >= 15 is 0 Å². The molecule has 6 nitrogen and oxygen atoms in total. The predicted molar refractivity (Wildman–Crippen MR) is 134 cm³/mol. The van der Waals surface area contributed by atoms with Gasteiger partial charge in [-0.2, -0.15) is 0 Å². The minimum absolute atomic E-state index is 0.0674. The maximum absolute atomic E-state index is 12.8. The summed E-state index contributed by atoms with van der Waals surface area (Å²) in [5.74, 6) is 0.849. The monoisotopic (exact) mass is 457 g/mol. The number of amides is 1. The van der Waals surface area contributed by atoms with Gasteiger partial charge in [0.05, 0.1) is 5.75 Å². The molecule has 168 valence electrons. The number of hydrogen-bond acceptors (Lipinski definition) is 5. The number of thioether (sulfide) groups is 1. The number of nitrogens with one attached hydrogen (secondary N) is 1. The highest BCUT2D eigenvalue weighted by Crippen LogP contribution is 2.30. The van der Waals surface area contributed by atoms with Crippen molar-refractivity contribution in [2.45, 2.75) is 38.3 Å². The molecule has 2 heterocycles. The summed E-state index contributed by atoms with van der Waals surface area (Å²) in [5.41, 5.74) is 4.90. The molecule has 0 aliphatic rings. The second kappa shape index (κ2) is 9.58. The Bertz CT molecular complexity index is 1240. The molecule has 7 heteroatoms. The molecule has 0 saturated heterocycles. The number of rotatable bonds is 6. The molecule has 0 fully saturated rings.